The average molecular weight is 220 g/mol. The van der Waals surface area contributed by atoms with Crippen LogP contribution in [0.2, 0.25) is 0 Å². The molecule has 3 amide bonds. The minimum atomic E-state index is -0.355. The molecular formula is C11H12N2O3. The number of allylic oxidation sites excluding steroid dienone is 1. The number of nitrogens with zero attached hydrogens (tertiary/aromatic N) is 1. The maximum absolute atomic E-state index is 11.7. The maximum Gasteiger partial charge on any atom is 0.260 e. The Labute approximate surface area is 92.8 Å². The highest BCUT2D eigenvalue weighted by atomic mass is 16.2. The van der Waals surface area contributed by atoms with E-state index in [-0.39, 0.29) is 23.6 Å². The summed E-state index contributed by atoms with van der Waals surface area (Å²) in [6, 6.07) is 0. The number of rotatable bonds is 1. The summed E-state index contributed by atoms with van der Waals surface area (Å²) in [4.78, 5) is 35.8. The number of likely N-dealkylation sites (N-methyl/N-ethyl adjacent to an activating group) is 1. The number of likely N-dealkylation sites (tertiary alicyclic amines) is 1. The fourth-order valence-electron chi connectivity index (χ4n) is 1.92. The van der Waals surface area contributed by atoms with Crippen molar-refractivity contribution in [1.29, 1.82) is 0 Å². The Morgan fingerprint density at radius 1 is 1.38 bits per heavy atom. The van der Waals surface area contributed by atoms with Gasteiger partial charge >= 0.3 is 0 Å². The molecule has 16 heavy (non-hydrogen) atoms. The molecule has 5 nitrogen and oxygen atoms in total. The topological polar surface area (TPSA) is 66.5 Å². The number of imide groups is 1. The summed E-state index contributed by atoms with van der Waals surface area (Å²) in [6.45, 7) is 0. The van der Waals surface area contributed by atoms with Gasteiger partial charge in [-0.3, -0.25) is 19.3 Å². The van der Waals surface area contributed by atoms with E-state index < -0.39 is 0 Å². The van der Waals surface area contributed by atoms with Crippen LogP contribution < -0.4 is 5.32 Å². The Hall–Kier alpha value is -1.91. The van der Waals surface area contributed by atoms with Crippen LogP contribution >= 0.6 is 0 Å². The summed E-state index contributed by atoms with van der Waals surface area (Å²) in [7, 11) is 2.99. The minimum absolute atomic E-state index is 0.141. The van der Waals surface area contributed by atoms with Gasteiger partial charge in [-0.15, -0.1) is 0 Å². The van der Waals surface area contributed by atoms with Crippen LogP contribution in [0.3, 0.4) is 0 Å². The molecule has 84 valence electrons. The summed E-state index contributed by atoms with van der Waals surface area (Å²) in [5.41, 5.74) is 0.778. The van der Waals surface area contributed by atoms with Crippen molar-refractivity contribution in [3.05, 3.63) is 23.3 Å². The van der Waals surface area contributed by atoms with Gasteiger partial charge in [-0.1, -0.05) is 12.2 Å². The maximum atomic E-state index is 11.7. The Balaban J connectivity index is 2.35. The first-order valence-corrected chi connectivity index (χ1v) is 5.02. The van der Waals surface area contributed by atoms with E-state index in [1.165, 1.54) is 7.05 Å². The van der Waals surface area contributed by atoms with Crippen molar-refractivity contribution in [1.82, 2.24) is 10.2 Å². The van der Waals surface area contributed by atoms with Gasteiger partial charge in [-0.05, 0) is 6.42 Å². The first-order chi connectivity index (χ1) is 7.56. The molecule has 1 unspecified atom stereocenters. The van der Waals surface area contributed by atoms with Gasteiger partial charge in [0.05, 0.1) is 5.92 Å². The Kier molecular flexibility index (Phi) is 2.38. The lowest BCUT2D eigenvalue weighted by Gasteiger charge is -2.13. The zero-order chi connectivity index (χ0) is 11.9. The standard InChI is InChI=1S/C11H12N2O3/c1-12-9(14)6-3-4-7-8(5-6)11(16)13(2)10(7)15/h4-6H,3H2,1-2H3,(H,12,14). The molecule has 2 rings (SSSR count). The van der Waals surface area contributed by atoms with Gasteiger partial charge in [-0.25, -0.2) is 0 Å². The lowest BCUT2D eigenvalue weighted by molar-refractivity contribution is -0.134. The predicted molar refractivity (Wildman–Crippen MR) is 56.1 cm³/mol. The molecule has 1 aliphatic heterocycles. The lowest BCUT2D eigenvalue weighted by atomic mass is 9.91. The molecule has 1 atom stereocenters. The van der Waals surface area contributed by atoms with Gasteiger partial charge < -0.3 is 5.32 Å². The normalized spacial score (nSPS) is 23.9. The predicted octanol–water partition coefficient (Wildman–Crippen LogP) is -0.396. The molecule has 1 saturated heterocycles. The molecule has 0 aromatic heterocycles. The zero-order valence-corrected chi connectivity index (χ0v) is 9.11. The van der Waals surface area contributed by atoms with Gasteiger partial charge in [0.1, 0.15) is 0 Å². The molecule has 2 aliphatic rings. The quantitative estimate of drug-likeness (QED) is 0.612. The molecule has 5 heteroatoms. The van der Waals surface area contributed by atoms with Crippen LogP contribution in [0.15, 0.2) is 23.3 Å². The second-order valence-electron chi connectivity index (χ2n) is 3.82. The van der Waals surface area contributed by atoms with Crippen molar-refractivity contribution in [2.24, 2.45) is 5.92 Å². The molecule has 0 aromatic rings. The van der Waals surface area contributed by atoms with Crippen LogP contribution in [-0.4, -0.2) is 36.7 Å². The Bertz CT molecular complexity index is 448. The van der Waals surface area contributed by atoms with Crippen LogP contribution in [0.1, 0.15) is 6.42 Å². The number of carbonyl (C=O) groups is 3. The number of fused-ring (bicyclic) bond motifs is 1. The Morgan fingerprint density at radius 2 is 2.00 bits per heavy atom. The summed E-state index contributed by atoms with van der Waals surface area (Å²) in [5, 5.41) is 2.53. The van der Waals surface area contributed by atoms with E-state index in [1.807, 2.05) is 0 Å². The SMILES string of the molecule is CNC(=O)C1C=C2C(=O)N(C)C(=O)C2=CC1. The van der Waals surface area contributed by atoms with E-state index in [0.717, 1.165) is 4.90 Å². The van der Waals surface area contributed by atoms with E-state index >= 15 is 0 Å². The molecule has 0 spiro atoms. The lowest BCUT2D eigenvalue weighted by Crippen LogP contribution is -2.27. The number of hydrogen-bond donors (Lipinski definition) is 1. The first-order valence-electron chi connectivity index (χ1n) is 5.02. The molecule has 0 aromatic carbocycles. The van der Waals surface area contributed by atoms with Crippen molar-refractivity contribution in [3.63, 3.8) is 0 Å². The molecule has 0 radical (unpaired) electrons. The van der Waals surface area contributed by atoms with Gasteiger partial charge in [-0.2, -0.15) is 0 Å². The van der Waals surface area contributed by atoms with Crippen LogP contribution in [0.25, 0.3) is 0 Å². The zero-order valence-electron chi connectivity index (χ0n) is 9.11. The van der Waals surface area contributed by atoms with Crippen molar-refractivity contribution < 1.29 is 14.4 Å². The van der Waals surface area contributed by atoms with Gasteiger partial charge in [0, 0.05) is 25.2 Å². The number of amides is 3. The highest BCUT2D eigenvalue weighted by Gasteiger charge is 2.38. The third-order valence-corrected chi connectivity index (χ3v) is 2.89. The fraction of sp³-hybridized carbons (Fsp3) is 0.364. The number of hydrogen-bond acceptors (Lipinski definition) is 3. The van der Waals surface area contributed by atoms with Gasteiger partial charge in [0.25, 0.3) is 11.8 Å². The van der Waals surface area contributed by atoms with Gasteiger partial charge in [0.2, 0.25) is 5.91 Å². The van der Waals surface area contributed by atoms with Gasteiger partial charge in [0.15, 0.2) is 0 Å². The average Bonchev–Trinajstić information content (AvgIpc) is 2.53. The van der Waals surface area contributed by atoms with Crippen LogP contribution in [-0.2, 0) is 14.4 Å². The third-order valence-electron chi connectivity index (χ3n) is 2.89. The summed E-state index contributed by atoms with van der Waals surface area (Å²) < 4.78 is 0. The van der Waals surface area contributed by atoms with E-state index in [1.54, 1.807) is 19.2 Å². The number of carbonyl (C=O) groups excluding carboxylic acids is 3. The largest absolute Gasteiger partial charge is 0.359 e. The van der Waals surface area contributed by atoms with Crippen LogP contribution in [0.4, 0.5) is 0 Å². The molecule has 1 fully saturated rings. The molecular weight excluding hydrogens is 208 g/mol. The summed E-state index contributed by atoms with van der Waals surface area (Å²) in [5.74, 6) is -1.11. The molecule has 1 heterocycles. The van der Waals surface area contributed by atoms with E-state index in [2.05, 4.69) is 5.32 Å². The summed E-state index contributed by atoms with van der Waals surface area (Å²) in [6.07, 6.45) is 3.71. The Morgan fingerprint density at radius 3 is 2.62 bits per heavy atom. The molecule has 0 bridgehead atoms. The molecule has 1 N–H and O–H groups in total. The molecule has 0 saturated carbocycles. The highest BCUT2D eigenvalue weighted by molar-refractivity contribution is 6.24. The van der Waals surface area contributed by atoms with Crippen molar-refractivity contribution >= 4 is 17.7 Å². The second-order valence-corrected chi connectivity index (χ2v) is 3.82. The highest BCUT2D eigenvalue weighted by Crippen LogP contribution is 2.30. The van der Waals surface area contributed by atoms with Crippen molar-refractivity contribution in [3.8, 4) is 0 Å². The van der Waals surface area contributed by atoms with Crippen molar-refractivity contribution in [2.75, 3.05) is 14.1 Å². The molecule has 1 aliphatic carbocycles. The van der Waals surface area contributed by atoms with Crippen LogP contribution in [0, 0.1) is 5.92 Å². The minimum Gasteiger partial charge on any atom is -0.359 e. The fourth-order valence-corrected chi connectivity index (χ4v) is 1.92. The third kappa shape index (κ3) is 1.36. The first kappa shape index (κ1) is 10.6. The monoisotopic (exact) mass is 220 g/mol. The second kappa shape index (κ2) is 3.59. The smallest absolute Gasteiger partial charge is 0.260 e. The van der Waals surface area contributed by atoms with Crippen molar-refractivity contribution in [2.45, 2.75) is 6.42 Å². The van der Waals surface area contributed by atoms with E-state index in [9.17, 15) is 14.4 Å². The van der Waals surface area contributed by atoms with E-state index in [4.69, 9.17) is 0 Å². The summed E-state index contributed by atoms with van der Waals surface area (Å²) >= 11 is 0. The van der Waals surface area contributed by atoms with Crippen LogP contribution in [0.5, 0.6) is 0 Å². The van der Waals surface area contributed by atoms with E-state index in [0.29, 0.717) is 17.6 Å². The number of nitrogens with one attached hydrogen (secondary N) is 1.